The minimum atomic E-state index is -0.320. The van der Waals surface area contributed by atoms with E-state index in [1.807, 2.05) is 6.92 Å². The summed E-state index contributed by atoms with van der Waals surface area (Å²) in [5, 5.41) is 0. The first kappa shape index (κ1) is 12.3. The van der Waals surface area contributed by atoms with Crippen LogP contribution in [0.15, 0.2) is 18.2 Å². The fourth-order valence-corrected chi connectivity index (χ4v) is 2.66. The molecule has 2 heteroatoms. The van der Waals surface area contributed by atoms with Crippen LogP contribution in [0, 0.1) is 18.7 Å². The predicted molar refractivity (Wildman–Crippen MR) is 66.7 cm³/mol. The summed E-state index contributed by atoms with van der Waals surface area (Å²) < 4.78 is 13.1. The van der Waals surface area contributed by atoms with Crippen LogP contribution < -0.4 is 0 Å². The van der Waals surface area contributed by atoms with Gasteiger partial charge in [-0.25, -0.2) is 4.39 Å². The van der Waals surface area contributed by atoms with Crippen LogP contribution >= 0.6 is 0 Å². The highest BCUT2D eigenvalue weighted by Gasteiger charge is 2.17. The highest BCUT2D eigenvalue weighted by Crippen LogP contribution is 2.29. The van der Waals surface area contributed by atoms with E-state index in [4.69, 9.17) is 0 Å². The first-order valence-electron chi connectivity index (χ1n) is 6.46. The molecule has 1 aliphatic carbocycles. The molecule has 1 nitrogen and oxygen atoms in total. The highest BCUT2D eigenvalue weighted by atomic mass is 19.1. The van der Waals surface area contributed by atoms with Crippen LogP contribution in [0.2, 0.25) is 0 Å². The van der Waals surface area contributed by atoms with E-state index in [0.29, 0.717) is 17.9 Å². The first-order valence-corrected chi connectivity index (χ1v) is 6.46. The summed E-state index contributed by atoms with van der Waals surface area (Å²) in [5.74, 6) is 0.488. The Morgan fingerprint density at radius 3 is 2.76 bits per heavy atom. The van der Waals surface area contributed by atoms with Crippen LogP contribution in [-0.2, 0) is 0 Å². The molecule has 0 heterocycles. The van der Waals surface area contributed by atoms with Crippen molar-refractivity contribution < 1.29 is 9.18 Å². The molecule has 1 fully saturated rings. The molecule has 0 N–H and O–H groups in total. The lowest BCUT2D eigenvalue weighted by molar-refractivity contribution is 0.0973. The fourth-order valence-electron chi connectivity index (χ4n) is 2.66. The Labute approximate surface area is 102 Å². The van der Waals surface area contributed by atoms with Gasteiger partial charge in [-0.1, -0.05) is 31.7 Å². The van der Waals surface area contributed by atoms with Gasteiger partial charge in [0.2, 0.25) is 0 Å². The molecule has 0 amide bonds. The molecule has 1 aromatic carbocycles. The maximum absolute atomic E-state index is 13.1. The zero-order chi connectivity index (χ0) is 12.3. The molecule has 0 atom stereocenters. The van der Waals surface area contributed by atoms with Crippen molar-refractivity contribution in [2.24, 2.45) is 5.92 Å². The Hall–Kier alpha value is -1.18. The number of ketones is 1. The van der Waals surface area contributed by atoms with Crippen LogP contribution in [0.4, 0.5) is 4.39 Å². The number of hydrogen-bond donors (Lipinski definition) is 0. The third-order valence-corrected chi connectivity index (χ3v) is 3.75. The van der Waals surface area contributed by atoms with Crippen LogP contribution in [0.1, 0.15) is 54.4 Å². The van der Waals surface area contributed by atoms with Crippen molar-refractivity contribution in [2.45, 2.75) is 45.4 Å². The summed E-state index contributed by atoms with van der Waals surface area (Å²) in [4.78, 5) is 12.0. The molecule has 0 aliphatic heterocycles. The molecular weight excluding hydrogens is 215 g/mol. The van der Waals surface area contributed by atoms with Crippen LogP contribution in [-0.4, -0.2) is 5.78 Å². The van der Waals surface area contributed by atoms with Crippen molar-refractivity contribution in [2.75, 3.05) is 0 Å². The van der Waals surface area contributed by atoms with Crippen molar-refractivity contribution in [1.82, 2.24) is 0 Å². The zero-order valence-corrected chi connectivity index (χ0v) is 10.3. The number of aryl methyl sites for hydroxylation is 1. The van der Waals surface area contributed by atoms with Gasteiger partial charge >= 0.3 is 0 Å². The molecular formula is C15H19FO. The van der Waals surface area contributed by atoms with Crippen molar-refractivity contribution in [3.05, 3.63) is 35.1 Å². The van der Waals surface area contributed by atoms with Crippen molar-refractivity contribution in [3.63, 3.8) is 0 Å². The maximum Gasteiger partial charge on any atom is 0.163 e. The topological polar surface area (TPSA) is 17.1 Å². The molecule has 1 saturated carbocycles. The first-order chi connectivity index (χ1) is 8.16. The van der Waals surface area contributed by atoms with E-state index in [9.17, 15) is 9.18 Å². The van der Waals surface area contributed by atoms with E-state index in [1.165, 1.54) is 37.8 Å². The van der Waals surface area contributed by atoms with E-state index < -0.39 is 0 Å². The maximum atomic E-state index is 13.1. The Bertz CT molecular complexity index is 405. The molecule has 0 spiro atoms. The Kier molecular flexibility index (Phi) is 3.93. The summed E-state index contributed by atoms with van der Waals surface area (Å²) in [6.07, 6.45) is 6.66. The number of halogens is 1. The largest absolute Gasteiger partial charge is 0.294 e. The second-order valence-electron chi connectivity index (χ2n) is 5.07. The quantitative estimate of drug-likeness (QED) is 0.710. The van der Waals surface area contributed by atoms with Gasteiger partial charge in [0.1, 0.15) is 5.82 Å². The SMILES string of the molecule is Cc1ccc(F)cc1C(=O)CCC1CCCC1. The van der Waals surface area contributed by atoms with Gasteiger partial charge in [-0.2, -0.15) is 0 Å². The van der Waals surface area contributed by atoms with Gasteiger partial charge in [-0.05, 0) is 37.0 Å². The Morgan fingerprint density at radius 2 is 2.06 bits per heavy atom. The minimum absolute atomic E-state index is 0.0916. The van der Waals surface area contributed by atoms with Gasteiger partial charge in [0, 0.05) is 12.0 Å². The number of Topliss-reactive ketones (excluding diaryl/α,β-unsaturated/α-hetero) is 1. The highest BCUT2D eigenvalue weighted by molar-refractivity contribution is 5.97. The molecule has 1 aliphatic rings. The second-order valence-corrected chi connectivity index (χ2v) is 5.07. The molecule has 92 valence electrons. The van der Waals surface area contributed by atoms with Crippen LogP contribution in [0.3, 0.4) is 0 Å². The summed E-state index contributed by atoms with van der Waals surface area (Å²) in [6.45, 7) is 1.86. The summed E-state index contributed by atoms with van der Waals surface area (Å²) in [7, 11) is 0. The van der Waals surface area contributed by atoms with Gasteiger partial charge in [0.25, 0.3) is 0 Å². The molecule has 0 bridgehead atoms. The molecule has 0 unspecified atom stereocenters. The van der Waals surface area contributed by atoms with Gasteiger partial charge < -0.3 is 0 Å². The number of carbonyl (C=O) groups excluding carboxylic acids is 1. The molecule has 2 rings (SSSR count). The lowest BCUT2D eigenvalue weighted by Crippen LogP contribution is -2.05. The van der Waals surface area contributed by atoms with E-state index in [0.717, 1.165) is 12.0 Å². The van der Waals surface area contributed by atoms with Gasteiger partial charge in [0.15, 0.2) is 5.78 Å². The zero-order valence-electron chi connectivity index (χ0n) is 10.3. The lowest BCUT2D eigenvalue weighted by Gasteiger charge is -2.09. The van der Waals surface area contributed by atoms with Crippen LogP contribution in [0.5, 0.6) is 0 Å². The normalized spacial score (nSPS) is 16.4. The van der Waals surface area contributed by atoms with Crippen LogP contribution in [0.25, 0.3) is 0 Å². The minimum Gasteiger partial charge on any atom is -0.294 e. The monoisotopic (exact) mass is 234 g/mol. The van der Waals surface area contributed by atoms with Crippen molar-refractivity contribution >= 4 is 5.78 Å². The van der Waals surface area contributed by atoms with Crippen molar-refractivity contribution in [1.29, 1.82) is 0 Å². The van der Waals surface area contributed by atoms with Gasteiger partial charge in [-0.15, -0.1) is 0 Å². The summed E-state index contributed by atoms with van der Waals surface area (Å²) in [6, 6.07) is 4.45. The number of hydrogen-bond acceptors (Lipinski definition) is 1. The summed E-state index contributed by atoms with van der Waals surface area (Å²) >= 11 is 0. The van der Waals surface area contributed by atoms with Crippen molar-refractivity contribution in [3.8, 4) is 0 Å². The molecule has 0 aromatic heterocycles. The predicted octanol–water partition coefficient (Wildman–Crippen LogP) is 4.29. The number of carbonyl (C=O) groups is 1. The Morgan fingerprint density at radius 1 is 1.35 bits per heavy atom. The van der Waals surface area contributed by atoms with E-state index in [2.05, 4.69) is 0 Å². The average Bonchev–Trinajstić information content (AvgIpc) is 2.82. The standard InChI is InChI=1S/C15H19FO/c1-11-6-8-13(16)10-14(11)15(17)9-7-12-4-2-3-5-12/h6,8,10,12H,2-5,7,9H2,1H3. The smallest absolute Gasteiger partial charge is 0.163 e. The number of benzene rings is 1. The van der Waals surface area contributed by atoms with Gasteiger partial charge in [-0.3, -0.25) is 4.79 Å². The van der Waals surface area contributed by atoms with E-state index >= 15 is 0 Å². The lowest BCUT2D eigenvalue weighted by atomic mass is 9.95. The van der Waals surface area contributed by atoms with Gasteiger partial charge in [0.05, 0.1) is 0 Å². The third-order valence-electron chi connectivity index (χ3n) is 3.75. The van der Waals surface area contributed by atoms with E-state index in [1.54, 1.807) is 6.07 Å². The molecule has 0 saturated heterocycles. The molecule has 1 aromatic rings. The van der Waals surface area contributed by atoms with E-state index in [-0.39, 0.29) is 11.6 Å². The molecule has 17 heavy (non-hydrogen) atoms. The second kappa shape index (κ2) is 5.44. The Balaban J connectivity index is 1.96. The summed E-state index contributed by atoms with van der Waals surface area (Å²) in [5.41, 5.74) is 1.44. The fraction of sp³-hybridized carbons (Fsp3) is 0.533. The third kappa shape index (κ3) is 3.15. The average molecular weight is 234 g/mol. The molecule has 0 radical (unpaired) electrons. The number of rotatable bonds is 4.